The second kappa shape index (κ2) is 3.45. The van der Waals surface area contributed by atoms with Crippen molar-refractivity contribution < 1.29 is 14.3 Å². The molecule has 3 nitrogen and oxygen atoms in total. The lowest BCUT2D eigenvalue weighted by Gasteiger charge is -2.27. The molecule has 0 bridgehead atoms. The van der Waals surface area contributed by atoms with Crippen molar-refractivity contribution in [2.45, 2.75) is 23.0 Å². The molecule has 2 rings (SSSR count). The van der Waals surface area contributed by atoms with E-state index in [0.717, 1.165) is 0 Å². The van der Waals surface area contributed by atoms with Crippen LogP contribution in [0.4, 0.5) is 0 Å². The number of ether oxygens (including phenoxy) is 1. The molecule has 0 aromatic carbocycles. The van der Waals surface area contributed by atoms with Gasteiger partial charge in [-0.1, -0.05) is 38.8 Å². The molecule has 1 aliphatic heterocycles. The highest BCUT2D eigenvalue weighted by Gasteiger charge is 2.44. The maximum absolute atomic E-state index is 11.3. The van der Waals surface area contributed by atoms with Gasteiger partial charge in [-0.05, 0) is 6.42 Å². The highest BCUT2D eigenvalue weighted by molar-refractivity contribution is 9.12. The molecule has 14 heavy (non-hydrogen) atoms. The average Bonchev–Trinajstić information content (AvgIpc) is 2.38. The van der Waals surface area contributed by atoms with Gasteiger partial charge in [0.15, 0.2) is 0 Å². The van der Waals surface area contributed by atoms with Gasteiger partial charge in [-0.15, -0.1) is 0 Å². The summed E-state index contributed by atoms with van der Waals surface area (Å²) >= 11 is 6.98. The summed E-state index contributed by atoms with van der Waals surface area (Å²) in [5.41, 5.74) is 1.09. The summed E-state index contributed by atoms with van der Waals surface area (Å²) in [6.45, 7) is 1.92. The lowest BCUT2D eigenvalue weighted by molar-refractivity contribution is -0.151. The average molecular weight is 324 g/mol. The summed E-state index contributed by atoms with van der Waals surface area (Å²) in [6.07, 6.45) is 0.556. The number of cyclic esters (lactones) is 2. The fourth-order valence-electron chi connectivity index (χ4n) is 1.87. The van der Waals surface area contributed by atoms with Crippen LogP contribution in [0.3, 0.4) is 0 Å². The highest BCUT2D eigenvalue weighted by Crippen LogP contribution is 2.41. The van der Waals surface area contributed by atoms with Gasteiger partial charge in [-0.25, -0.2) is 9.59 Å². The first-order valence-electron chi connectivity index (χ1n) is 4.30. The topological polar surface area (TPSA) is 43.4 Å². The molecule has 0 aromatic rings. The number of carbonyl (C=O) groups is 2. The molecular formula is C9H8Br2O3. The van der Waals surface area contributed by atoms with E-state index in [-0.39, 0.29) is 15.6 Å². The Morgan fingerprint density at radius 3 is 2.57 bits per heavy atom. The molecule has 1 aliphatic carbocycles. The van der Waals surface area contributed by atoms with E-state index in [1.165, 1.54) is 0 Å². The van der Waals surface area contributed by atoms with Crippen LogP contribution < -0.4 is 0 Å². The van der Waals surface area contributed by atoms with Crippen LogP contribution in [-0.4, -0.2) is 21.6 Å². The van der Waals surface area contributed by atoms with Gasteiger partial charge in [-0.3, -0.25) is 0 Å². The molecule has 0 spiro atoms. The third-order valence-electron chi connectivity index (χ3n) is 2.65. The van der Waals surface area contributed by atoms with Crippen molar-refractivity contribution >= 4 is 43.8 Å². The zero-order valence-corrected chi connectivity index (χ0v) is 10.6. The van der Waals surface area contributed by atoms with Crippen molar-refractivity contribution in [3.8, 4) is 0 Å². The van der Waals surface area contributed by atoms with Crippen molar-refractivity contribution in [1.82, 2.24) is 0 Å². The molecule has 76 valence electrons. The molecule has 0 unspecified atom stereocenters. The van der Waals surface area contributed by atoms with Gasteiger partial charge in [0.25, 0.3) is 0 Å². The summed E-state index contributed by atoms with van der Waals surface area (Å²) in [6, 6.07) is 0. The van der Waals surface area contributed by atoms with E-state index in [0.29, 0.717) is 17.6 Å². The Morgan fingerprint density at radius 1 is 1.29 bits per heavy atom. The molecule has 5 heteroatoms. The molecule has 0 radical (unpaired) electrons. The predicted octanol–water partition coefficient (Wildman–Crippen LogP) is 1.93. The summed E-state index contributed by atoms with van der Waals surface area (Å²) in [5, 5.41) is 0. The van der Waals surface area contributed by atoms with Crippen LogP contribution in [0.15, 0.2) is 11.1 Å². The molecule has 0 saturated carbocycles. The lowest BCUT2D eigenvalue weighted by Crippen LogP contribution is -2.30. The zero-order chi connectivity index (χ0) is 10.5. The molecule has 0 N–H and O–H groups in total. The van der Waals surface area contributed by atoms with Crippen LogP contribution in [0.25, 0.3) is 0 Å². The maximum Gasteiger partial charge on any atom is 0.342 e. The minimum Gasteiger partial charge on any atom is -0.386 e. The Labute approximate surface area is 98.1 Å². The second-order valence-corrected chi connectivity index (χ2v) is 5.76. The van der Waals surface area contributed by atoms with Gasteiger partial charge in [0.2, 0.25) is 0 Å². The fourth-order valence-corrected chi connectivity index (χ4v) is 3.10. The Balaban J connectivity index is 2.45. The van der Waals surface area contributed by atoms with Gasteiger partial charge >= 0.3 is 11.9 Å². The minimum atomic E-state index is -0.472. The van der Waals surface area contributed by atoms with Gasteiger partial charge in [0.05, 0.1) is 5.57 Å². The molecule has 0 saturated heterocycles. The Hall–Kier alpha value is -0.160. The molecular weight excluding hydrogens is 316 g/mol. The van der Waals surface area contributed by atoms with Crippen LogP contribution >= 0.6 is 31.9 Å². The summed E-state index contributed by atoms with van der Waals surface area (Å²) in [5.74, 6) is -0.927. The van der Waals surface area contributed by atoms with Gasteiger partial charge in [-0.2, -0.15) is 0 Å². The van der Waals surface area contributed by atoms with E-state index >= 15 is 0 Å². The quantitative estimate of drug-likeness (QED) is 0.389. The molecule has 1 heterocycles. The Morgan fingerprint density at radius 2 is 1.93 bits per heavy atom. The van der Waals surface area contributed by atoms with E-state index in [2.05, 4.69) is 36.6 Å². The first-order chi connectivity index (χ1) is 6.52. The molecule has 0 aromatic heterocycles. The third-order valence-corrected chi connectivity index (χ3v) is 5.69. The fraction of sp³-hybridized carbons (Fsp3) is 0.556. The number of esters is 2. The zero-order valence-electron chi connectivity index (χ0n) is 7.42. The van der Waals surface area contributed by atoms with Crippen LogP contribution in [0.5, 0.6) is 0 Å². The van der Waals surface area contributed by atoms with Crippen molar-refractivity contribution in [2.75, 3.05) is 0 Å². The normalized spacial score (nSPS) is 37.2. The number of hydrogen-bond acceptors (Lipinski definition) is 3. The third kappa shape index (κ3) is 1.37. The second-order valence-electron chi connectivity index (χ2n) is 3.52. The van der Waals surface area contributed by atoms with E-state index in [9.17, 15) is 9.59 Å². The van der Waals surface area contributed by atoms with Crippen LogP contribution in [-0.2, 0) is 14.3 Å². The molecule has 2 aliphatic rings. The first-order valence-corrected chi connectivity index (χ1v) is 6.13. The number of halogens is 2. The summed E-state index contributed by atoms with van der Waals surface area (Å²) in [7, 11) is 0. The maximum atomic E-state index is 11.3. The number of hydrogen-bond donors (Lipinski definition) is 0. The monoisotopic (exact) mass is 322 g/mol. The van der Waals surface area contributed by atoms with Crippen molar-refractivity contribution in [3.63, 3.8) is 0 Å². The van der Waals surface area contributed by atoms with Crippen molar-refractivity contribution in [3.05, 3.63) is 11.1 Å². The van der Waals surface area contributed by atoms with Crippen LogP contribution in [0.2, 0.25) is 0 Å². The lowest BCUT2D eigenvalue weighted by atomic mass is 9.85. The minimum absolute atomic E-state index is 0.0158. The molecule has 3 atom stereocenters. The Bertz CT molecular complexity index is 348. The Kier molecular flexibility index (Phi) is 2.55. The largest absolute Gasteiger partial charge is 0.386 e. The number of alkyl halides is 2. The summed E-state index contributed by atoms with van der Waals surface area (Å²) in [4.78, 5) is 23.0. The SMILES string of the molecule is C[C@@H]1C2=C(C[C@@H](Br)[C@@H]1Br)C(=O)OC2=O. The summed E-state index contributed by atoms with van der Waals surface area (Å²) < 4.78 is 4.58. The van der Waals surface area contributed by atoms with Crippen molar-refractivity contribution in [2.24, 2.45) is 5.92 Å². The number of carbonyl (C=O) groups excluding carboxylic acids is 2. The molecule has 0 amide bonds. The number of rotatable bonds is 0. The molecule has 0 fully saturated rings. The van der Waals surface area contributed by atoms with Crippen molar-refractivity contribution in [1.29, 1.82) is 0 Å². The van der Waals surface area contributed by atoms with E-state index in [1.54, 1.807) is 0 Å². The van der Waals surface area contributed by atoms with Crippen LogP contribution in [0.1, 0.15) is 13.3 Å². The smallest absolute Gasteiger partial charge is 0.342 e. The van der Waals surface area contributed by atoms with E-state index in [1.807, 2.05) is 6.92 Å². The van der Waals surface area contributed by atoms with Gasteiger partial charge in [0, 0.05) is 21.1 Å². The van der Waals surface area contributed by atoms with E-state index < -0.39 is 11.9 Å². The van der Waals surface area contributed by atoms with Gasteiger partial charge in [0.1, 0.15) is 0 Å². The standard InChI is InChI=1S/C9H8Br2O3/c1-3-6-4(2-5(10)7(3)11)8(12)14-9(6)13/h3,5,7H,2H2,1H3/t3-,5-,7-/m1/s1. The highest BCUT2D eigenvalue weighted by atomic mass is 79.9. The van der Waals surface area contributed by atoms with E-state index in [4.69, 9.17) is 0 Å². The van der Waals surface area contributed by atoms with Gasteiger partial charge < -0.3 is 4.74 Å². The first kappa shape index (κ1) is 10.4. The van der Waals surface area contributed by atoms with Crippen LogP contribution in [0, 0.1) is 5.92 Å². The predicted molar refractivity (Wildman–Crippen MR) is 57.3 cm³/mol.